The zero-order valence-corrected chi connectivity index (χ0v) is 15.3. The Morgan fingerprint density at radius 1 is 1.00 bits per heavy atom. The van der Waals surface area contributed by atoms with E-state index in [1.54, 1.807) is 24.3 Å². The van der Waals surface area contributed by atoms with Crippen molar-refractivity contribution in [3.8, 4) is 11.5 Å². The first-order valence-corrected chi connectivity index (χ1v) is 10.2. The Balaban J connectivity index is 1.46. The van der Waals surface area contributed by atoms with E-state index in [1.807, 2.05) is 30.3 Å². The zero-order chi connectivity index (χ0) is 19.3. The Morgan fingerprint density at radius 2 is 1.67 bits per heavy atom. The summed E-state index contributed by atoms with van der Waals surface area (Å²) in [5.74, 6) is -0.744. The van der Waals surface area contributed by atoms with Crippen molar-refractivity contribution in [3.63, 3.8) is 0 Å². The van der Waals surface area contributed by atoms with Gasteiger partial charge in [0.2, 0.25) is 0 Å². The second-order valence-electron chi connectivity index (χ2n) is 6.20. The van der Waals surface area contributed by atoms with E-state index in [-0.39, 0.29) is 17.9 Å². The van der Waals surface area contributed by atoms with Crippen molar-refractivity contribution in [2.75, 3.05) is 23.4 Å². The molecule has 2 aromatic carbocycles. The normalized spacial score (nSPS) is 17.9. The summed E-state index contributed by atoms with van der Waals surface area (Å²) in [7, 11) is -3.17. The van der Waals surface area contributed by atoms with E-state index in [0.717, 1.165) is 0 Å². The summed E-state index contributed by atoms with van der Waals surface area (Å²) in [6.07, 6.45) is 0.242. The number of hydrogen-bond donors (Lipinski definition) is 1. The van der Waals surface area contributed by atoms with Crippen molar-refractivity contribution in [1.29, 1.82) is 0 Å². The fraction of sp³-hybridized carbons (Fsp3) is 0.263. The predicted octanol–water partition coefficient (Wildman–Crippen LogP) is 2.40. The third kappa shape index (κ3) is 5.55. The Bertz CT molecular complexity index is 909. The van der Waals surface area contributed by atoms with Crippen molar-refractivity contribution < 1.29 is 27.5 Å². The molecule has 1 N–H and O–H groups in total. The van der Waals surface area contributed by atoms with Gasteiger partial charge in [-0.15, -0.1) is 0 Å². The summed E-state index contributed by atoms with van der Waals surface area (Å²) in [5.41, 5.74) is 0.528. The van der Waals surface area contributed by atoms with Gasteiger partial charge in [0.25, 0.3) is 5.91 Å². The molecule has 0 bridgehead atoms. The van der Waals surface area contributed by atoms with Crippen LogP contribution in [0.15, 0.2) is 54.6 Å². The lowest BCUT2D eigenvalue weighted by molar-refractivity contribution is -0.150. The van der Waals surface area contributed by atoms with E-state index in [9.17, 15) is 18.0 Å². The average molecular weight is 389 g/mol. The summed E-state index contributed by atoms with van der Waals surface area (Å²) in [6, 6.07) is 16.0. The molecule has 1 saturated heterocycles. The number of amides is 1. The molecule has 1 heterocycles. The summed E-state index contributed by atoms with van der Waals surface area (Å²) in [6.45, 7) is -0.461. The highest BCUT2D eigenvalue weighted by Gasteiger charge is 2.34. The lowest BCUT2D eigenvalue weighted by Gasteiger charge is -2.10. The number of hydrogen-bond acceptors (Lipinski definition) is 6. The Labute approximate surface area is 157 Å². The Hall–Kier alpha value is -2.87. The maximum atomic E-state index is 11.9. The van der Waals surface area contributed by atoms with E-state index in [0.29, 0.717) is 17.2 Å². The molecule has 1 unspecified atom stereocenters. The van der Waals surface area contributed by atoms with Crippen LogP contribution in [-0.4, -0.2) is 38.4 Å². The molecule has 1 aliphatic rings. The molecule has 1 atom stereocenters. The van der Waals surface area contributed by atoms with Gasteiger partial charge in [0.1, 0.15) is 11.5 Å². The third-order valence-corrected chi connectivity index (χ3v) is 5.80. The number of benzene rings is 2. The molecular weight excluding hydrogens is 370 g/mol. The fourth-order valence-electron chi connectivity index (χ4n) is 2.66. The summed E-state index contributed by atoms with van der Waals surface area (Å²) < 4.78 is 33.3. The fourth-order valence-corrected chi connectivity index (χ4v) is 4.39. The number of carbonyl (C=O) groups is 2. The van der Waals surface area contributed by atoms with Crippen molar-refractivity contribution >= 4 is 27.4 Å². The van der Waals surface area contributed by atoms with Gasteiger partial charge in [0.05, 0.1) is 17.4 Å². The molecule has 142 valence electrons. The second-order valence-corrected chi connectivity index (χ2v) is 8.42. The predicted molar refractivity (Wildman–Crippen MR) is 99.3 cm³/mol. The highest BCUT2D eigenvalue weighted by Crippen LogP contribution is 2.23. The first kappa shape index (κ1) is 18.9. The quantitative estimate of drug-likeness (QED) is 0.762. The maximum Gasteiger partial charge on any atom is 0.310 e. The van der Waals surface area contributed by atoms with Gasteiger partial charge in [0.15, 0.2) is 16.4 Å². The van der Waals surface area contributed by atoms with Gasteiger partial charge in [-0.3, -0.25) is 9.59 Å². The molecule has 3 rings (SSSR count). The molecule has 0 spiro atoms. The number of ether oxygens (including phenoxy) is 2. The van der Waals surface area contributed by atoms with Gasteiger partial charge in [-0.05, 0) is 42.8 Å². The molecule has 8 heteroatoms. The van der Waals surface area contributed by atoms with Crippen LogP contribution in [0.1, 0.15) is 6.42 Å². The molecule has 0 aromatic heterocycles. The molecule has 1 aliphatic heterocycles. The number of para-hydroxylation sites is 1. The molecule has 1 fully saturated rings. The van der Waals surface area contributed by atoms with Crippen LogP contribution in [0.25, 0.3) is 0 Å². The van der Waals surface area contributed by atoms with Crippen LogP contribution in [0.4, 0.5) is 5.69 Å². The van der Waals surface area contributed by atoms with Crippen LogP contribution in [-0.2, 0) is 24.2 Å². The van der Waals surface area contributed by atoms with E-state index in [4.69, 9.17) is 9.47 Å². The van der Waals surface area contributed by atoms with E-state index < -0.39 is 34.2 Å². The summed E-state index contributed by atoms with van der Waals surface area (Å²) in [4.78, 5) is 23.7. The number of anilines is 1. The second kappa shape index (κ2) is 8.22. The van der Waals surface area contributed by atoms with Gasteiger partial charge in [-0.25, -0.2) is 8.42 Å². The van der Waals surface area contributed by atoms with Crippen molar-refractivity contribution in [2.24, 2.45) is 5.92 Å². The average Bonchev–Trinajstić information content (AvgIpc) is 3.02. The Morgan fingerprint density at radius 3 is 2.30 bits per heavy atom. The number of carbonyl (C=O) groups excluding carboxylic acids is 2. The van der Waals surface area contributed by atoms with Crippen LogP contribution >= 0.6 is 0 Å². The van der Waals surface area contributed by atoms with Crippen molar-refractivity contribution in [3.05, 3.63) is 54.6 Å². The van der Waals surface area contributed by atoms with Crippen LogP contribution < -0.4 is 10.1 Å². The minimum absolute atomic E-state index is 0.0175. The number of nitrogens with one attached hydrogen (secondary N) is 1. The maximum absolute atomic E-state index is 11.9. The molecule has 0 saturated carbocycles. The summed E-state index contributed by atoms with van der Waals surface area (Å²) >= 11 is 0. The SMILES string of the molecule is O=C(COC(=O)C1CCS(=O)(=O)C1)Nc1ccc(Oc2ccccc2)cc1. The molecule has 1 amide bonds. The van der Waals surface area contributed by atoms with Gasteiger partial charge < -0.3 is 14.8 Å². The van der Waals surface area contributed by atoms with Crippen molar-refractivity contribution in [2.45, 2.75) is 6.42 Å². The van der Waals surface area contributed by atoms with Crippen molar-refractivity contribution in [1.82, 2.24) is 0 Å². The third-order valence-electron chi connectivity index (χ3n) is 4.03. The minimum Gasteiger partial charge on any atom is -0.457 e. The smallest absolute Gasteiger partial charge is 0.310 e. The van der Waals surface area contributed by atoms with E-state index in [1.165, 1.54) is 0 Å². The van der Waals surface area contributed by atoms with E-state index >= 15 is 0 Å². The van der Waals surface area contributed by atoms with Gasteiger partial charge in [-0.1, -0.05) is 18.2 Å². The lowest BCUT2D eigenvalue weighted by atomic mass is 10.1. The van der Waals surface area contributed by atoms with Crippen LogP contribution in [0.5, 0.6) is 11.5 Å². The molecule has 27 heavy (non-hydrogen) atoms. The molecular formula is C19H19NO6S. The number of rotatable bonds is 6. The van der Waals surface area contributed by atoms with E-state index in [2.05, 4.69) is 5.32 Å². The molecule has 7 nitrogen and oxygen atoms in total. The Kier molecular flexibility index (Phi) is 5.75. The summed E-state index contributed by atoms with van der Waals surface area (Å²) in [5, 5.41) is 2.61. The zero-order valence-electron chi connectivity index (χ0n) is 14.5. The first-order chi connectivity index (χ1) is 12.9. The highest BCUT2D eigenvalue weighted by atomic mass is 32.2. The largest absolute Gasteiger partial charge is 0.457 e. The number of sulfone groups is 1. The van der Waals surface area contributed by atoms with Gasteiger partial charge in [-0.2, -0.15) is 0 Å². The molecule has 2 aromatic rings. The monoisotopic (exact) mass is 389 g/mol. The molecule has 0 radical (unpaired) electrons. The minimum atomic E-state index is -3.17. The topological polar surface area (TPSA) is 98.8 Å². The highest BCUT2D eigenvalue weighted by molar-refractivity contribution is 7.91. The number of esters is 1. The molecule has 0 aliphatic carbocycles. The van der Waals surface area contributed by atoms with Crippen LogP contribution in [0.3, 0.4) is 0 Å². The van der Waals surface area contributed by atoms with Gasteiger partial charge in [0, 0.05) is 5.69 Å². The van der Waals surface area contributed by atoms with Crippen LogP contribution in [0.2, 0.25) is 0 Å². The first-order valence-electron chi connectivity index (χ1n) is 8.41. The van der Waals surface area contributed by atoms with Gasteiger partial charge >= 0.3 is 5.97 Å². The van der Waals surface area contributed by atoms with Crippen LogP contribution in [0, 0.1) is 5.92 Å². The lowest BCUT2D eigenvalue weighted by Crippen LogP contribution is -2.25. The standard InChI is InChI=1S/C19H19NO6S/c21-18(12-25-19(22)14-10-11-27(23,24)13-14)20-15-6-8-17(9-7-15)26-16-4-2-1-3-5-16/h1-9,14H,10-13H2,(H,20,21).